The number of imidazole rings is 1. The highest BCUT2D eigenvalue weighted by atomic mass is 32.2. The predicted octanol–water partition coefficient (Wildman–Crippen LogP) is 0.161. The smallest absolute Gasteiger partial charge is 0.317 e. The SMILES string of the molecule is CCn1cc(CNC(=O)N2CCN(S(=O)(=O)c3cn(C)c(C)n3)CC2)cn1. The fourth-order valence-electron chi connectivity index (χ4n) is 2.87. The molecule has 0 atom stereocenters. The van der Waals surface area contributed by atoms with E-state index in [2.05, 4.69) is 15.4 Å². The molecule has 0 radical (unpaired) electrons. The fraction of sp³-hybridized carbons (Fsp3) is 0.562. The van der Waals surface area contributed by atoms with Gasteiger partial charge in [-0.2, -0.15) is 9.40 Å². The van der Waals surface area contributed by atoms with Gasteiger partial charge in [0.1, 0.15) is 5.82 Å². The molecule has 2 aromatic heterocycles. The lowest BCUT2D eigenvalue weighted by molar-refractivity contribution is 0.172. The minimum atomic E-state index is -3.64. The molecule has 2 amide bonds. The van der Waals surface area contributed by atoms with Crippen LogP contribution in [0.4, 0.5) is 4.79 Å². The van der Waals surface area contributed by atoms with E-state index in [1.54, 1.807) is 34.3 Å². The Balaban J connectivity index is 1.54. The van der Waals surface area contributed by atoms with Crippen LogP contribution in [0.5, 0.6) is 0 Å². The van der Waals surface area contributed by atoms with E-state index in [9.17, 15) is 13.2 Å². The van der Waals surface area contributed by atoms with Crippen LogP contribution in [0.1, 0.15) is 18.3 Å². The molecular formula is C16H25N7O3S. The zero-order valence-electron chi connectivity index (χ0n) is 15.8. The zero-order chi connectivity index (χ0) is 19.6. The first kappa shape index (κ1) is 19.4. The maximum atomic E-state index is 12.7. The highest BCUT2D eigenvalue weighted by molar-refractivity contribution is 7.89. The van der Waals surface area contributed by atoms with Crippen LogP contribution in [-0.2, 0) is 30.2 Å². The maximum Gasteiger partial charge on any atom is 0.317 e. The summed E-state index contributed by atoms with van der Waals surface area (Å²) in [5.41, 5.74) is 0.928. The predicted molar refractivity (Wildman–Crippen MR) is 98.4 cm³/mol. The molecule has 0 saturated carbocycles. The Morgan fingerprint density at radius 2 is 1.93 bits per heavy atom. The topological polar surface area (TPSA) is 105 Å². The van der Waals surface area contributed by atoms with Crippen molar-refractivity contribution in [3.8, 4) is 0 Å². The third-order valence-electron chi connectivity index (χ3n) is 4.67. The number of sulfonamides is 1. The van der Waals surface area contributed by atoms with E-state index in [4.69, 9.17) is 0 Å². The number of rotatable bonds is 5. The van der Waals surface area contributed by atoms with Crippen LogP contribution in [0, 0.1) is 6.92 Å². The number of nitrogens with zero attached hydrogens (tertiary/aromatic N) is 6. The second-order valence-corrected chi connectivity index (χ2v) is 8.38. The molecule has 10 nitrogen and oxygen atoms in total. The van der Waals surface area contributed by atoms with E-state index in [1.165, 1.54) is 10.5 Å². The first-order chi connectivity index (χ1) is 12.8. The minimum Gasteiger partial charge on any atom is -0.337 e. The molecule has 2 aromatic rings. The molecule has 1 aliphatic rings. The van der Waals surface area contributed by atoms with Crippen LogP contribution >= 0.6 is 0 Å². The summed E-state index contributed by atoms with van der Waals surface area (Å²) in [5.74, 6) is 0.637. The summed E-state index contributed by atoms with van der Waals surface area (Å²) in [6.07, 6.45) is 5.13. The Labute approximate surface area is 158 Å². The van der Waals surface area contributed by atoms with Gasteiger partial charge >= 0.3 is 6.03 Å². The van der Waals surface area contributed by atoms with E-state index >= 15 is 0 Å². The number of nitrogens with one attached hydrogen (secondary N) is 1. The van der Waals surface area contributed by atoms with Crippen molar-refractivity contribution in [2.75, 3.05) is 26.2 Å². The van der Waals surface area contributed by atoms with Gasteiger partial charge in [0.25, 0.3) is 10.0 Å². The van der Waals surface area contributed by atoms with Crippen LogP contribution in [0.25, 0.3) is 0 Å². The van der Waals surface area contributed by atoms with Gasteiger partial charge in [0.05, 0.1) is 6.20 Å². The standard InChI is InChI=1S/C16H25N7O3S/c1-4-22-11-14(10-18-22)9-17-16(24)21-5-7-23(8-6-21)27(25,26)15-12-20(3)13(2)19-15/h10-12H,4-9H2,1-3H3,(H,17,24). The van der Waals surface area contributed by atoms with Gasteiger partial charge in [-0.3, -0.25) is 4.68 Å². The van der Waals surface area contributed by atoms with Gasteiger partial charge in [0, 0.05) is 64.3 Å². The van der Waals surface area contributed by atoms with E-state index < -0.39 is 10.0 Å². The monoisotopic (exact) mass is 395 g/mol. The summed E-state index contributed by atoms with van der Waals surface area (Å²) in [4.78, 5) is 18.1. The molecule has 0 bridgehead atoms. The average Bonchev–Trinajstić information content (AvgIpc) is 3.26. The normalized spacial score (nSPS) is 15.9. The van der Waals surface area contributed by atoms with Crippen LogP contribution < -0.4 is 5.32 Å². The summed E-state index contributed by atoms with van der Waals surface area (Å²) >= 11 is 0. The van der Waals surface area contributed by atoms with Crippen molar-refractivity contribution < 1.29 is 13.2 Å². The van der Waals surface area contributed by atoms with Gasteiger partial charge in [-0.1, -0.05) is 0 Å². The maximum absolute atomic E-state index is 12.7. The molecule has 0 unspecified atom stereocenters. The largest absolute Gasteiger partial charge is 0.337 e. The van der Waals surface area contributed by atoms with Crippen molar-refractivity contribution in [2.24, 2.45) is 7.05 Å². The van der Waals surface area contributed by atoms with Crippen LogP contribution in [0.15, 0.2) is 23.6 Å². The highest BCUT2D eigenvalue weighted by Gasteiger charge is 2.31. The Morgan fingerprint density at radius 1 is 1.22 bits per heavy atom. The number of amides is 2. The van der Waals surface area contributed by atoms with Crippen molar-refractivity contribution in [1.82, 2.24) is 33.9 Å². The number of hydrogen-bond acceptors (Lipinski definition) is 5. The van der Waals surface area contributed by atoms with Crippen molar-refractivity contribution in [3.63, 3.8) is 0 Å². The lowest BCUT2D eigenvalue weighted by Crippen LogP contribution is -2.53. The van der Waals surface area contributed by atoms with Crippen LogP contribution in [-0.4, -0.2) is 69.2 Å². The van der Waals surface area contributed by atoms with Crippen molar-refractivity contribution in [2.45, 2.75) is 32.0 Å². The van der Waals surface area contributed by atoms with Crippen molar-refractivity contribution in [3.05, 3.63) is 30.0 Å². The second kappa shape index (κ2) is 7.69. The lowest BCUT2D eigenvalue weighted by Gasteiger charge is -2.33. The Kier molecular flexibility index (Phi) is 5.51. The number of aryl methyl sites for hydroxylation is 3. The average molecular weight is 395 g/mol. The van der Waals surface area contributed by atoms with E-state index in [-0.39, 0.29) is 24.1 Å². The number of carbonyl (C=O) groups is 1. The van der Waals surface area contributed by atoms with Crippen LogP contribution in [0.2, 0.25) is 0 Å². The summed E-state index contributed by atoms with van der Waals surface area (Å²) < 4.78 is 30.2. The number of aromatic nitrogens is 4. The van der Waals surface area contributed by atoms with Gasteiger partial charge in [0.2, 0.25) is 0 Å². The third-order valence-corrected chi connectivity index (χ3v) is 6.44. The van der Waals surface area contributed by atoms with Gasteiger partial charge in [-0.15, -0.1) is 0 Å². The van der Waals surface area contributed by atoms with Gasteiger partial charge < -0.3 is 14.8 Å². The first-order valence-corrected chi connectivity index (χ1v) is 10.3. The summed E-state index contributed by atoms with van der Waals surface area (Å²) in [6, 6.07) is -0.204. The van der Waals surface area contributed by atoms with Gasteiger partial charge in [-0.25, -0.2) is 18.2 Å². The zero-order valence-corrected chi connectivity index (χ0v) is 16.6. The molecular weight excluding hydrogens is 370 g/mol. The molecule has 1 saturated heterocycles. The fourth-order valence-corrected chi connectivity index (χ4v) is 4.32. The summed E-state index contributed by atoms with van der Waals surface area (Å²) in [7, 11) is -1.88. The Morgan fingerprint density at radius 3 is 2.48 bits per heavy atom. The number of hydrogen-bond donors (Lipinski definition) is 1. The number of piperazine rings is 1. The number of urea groups is 1. The molecule has 1 fully saturated rings. The molecule has 148 valence electrons. The molecule has 3 rings (SSSR count). The Hall–Kier alpha value is -2.40. The molecule has 3 heterocycles. The van der Waals surface area contributed by atoms with E-state index in [0.717, 1.165) is 12.1 Å². The molecule has 11 heteroatoms. The van der Waals surface area contributed by atoms with E-state index in [1.807, 2.05) is 13.1 Å². The first-order valence-electron chi connectivity index (χ1n) is 8.85. The third kappa shape index (κ3) is 4.14. The van der Waals surface area contributed by atoms with Crippen LogP contribution in [0.3, 0.4) is 0 Å². The number of carbonyl (C=O) groups excluding carboxylic acids is 1. The molecule has 0 spiro atoms. The Bertz CT molecular complexity index is 891. The second-order valence-electron chi connectivity index (χ2n) is 6.49. The summed E-state index contributed by atoms with van der Waals surface area (Å²) in [5, 5.41) is 7.07. The quantitative estimate of drug-likeness (QED) is 0.776. The van der Waals surface area contributed by atoms with Gasteiger partial charge in [0.15, 0.2) is 5.03 Å². The van der Waals surface area contributed by atoms with Gasteiger partial charge in [-0.05, 0) is 13.8 Å². The minimum absolute atomic E-state index is 0.0494. The molecule has 0 aliphatic carbocycles. The lowest BCUT2D eigenvalue weighted by atomic mass is 10.3. The molecule has 27 heavy (non-hydrogen) atoms. The van der Waals surface area contributed by atoms with Crippen molar-refractivity contribution >= 4 is 16.1 Å². The van der Waals surface area contributed by atoms with E-state index in [0.29, 0.717) is 25.5 Å². The molecule has 1 N–H and O–H groups in total. The molecule has 0 aromatic carbocycles. The summed E-state index contributed by atoms with van der Waals surface area (Å²) in [6.45, 7) is 6.10. The van der Waals surface area contributed by atoms with Crippen molar-refractivity contribution in [1.29, 1.82) is 0 Å². The molecule has 1 aliphatic heterocycles. The highest BCUT2D eigenvalue weighted by Crippen LogP contribution is 2.17.